The van der Waals surface area contributed by atoms with Crippen LogP contribution in [0.15, 0.2) is 6.07 Å². The van der Waals surface area contributed by atoms with E-state index in [1.165, 1.54) is 11.1 Å². The standard InChI is InChI=1S/C9H14N2/c1-6-4-7(2)11-8(3)9(6)5-10/h4H,5,10H2,1-3H3. The second-order valence-corrected chi connectivity index (χ2v) is 2.85. The summed E-state index contributed by atoms with van der Waals surface area (Å²) in [6.07, 6.45) is 0. The lowest BCUT2D eigenvalue weighted by atomic mass is 10.1. The van der Waals surface area contributed by atoms with Crippen LogP contribution in [-0.2, 0) is 6.54 Å². The van der Waals surface area contributed by atoms with Gasteiger partial charge in [-0.3, -0.25) is 4.98 Å². The van der Waals surface area contributed by atoms with Crippen LogP contribution in [0.3, 0.4) is 0 Å². The Labute approximate surface area is 67.5 Å². The second kappa shape index (κ2) is 3.01. The Balaban J connectivity index is 3.25. The van der Waals surface area contributed by atoms with E-state index >= 15 is 0 Å². The molecule has 0 unspecified atom stereocenters. The van der Waals surface area contributed by atoms with E-state index in [-0.39, 0.29) is 0 Å². The van der Waals surface area contributed by atoms with Gasteiger partial charge in [0.05, 0.1) is 0 Å². The lowest BCUT2D eigenvalue weighted by Crippen LogP contribution is -2.04. The molecule has 1 heterocycles. The fraction of sp³-hybridized carbons (Fsp3) is 0.444. The molecule has 0 aliphatic heterocycles. The van der Waals surface area contributed by atoms with Crippen molar-refractivity contribution in [2.24, 2.45) is 5.73 Å². The largest absolute Gasteiger partial charge is 0.326 e. The molecule has 0 bridgehead atoms. The number of nitrogens with zero attached hydrogens (tertiary/aromatic N) is 1. The second-order valence-electron chi connectivity index (χ2n) is 2.85. The molecule has 0 spiro atoms. The monoisotopic (exact) mass is 150 g/mol. The van der Waals surface area contributed by atoms with Crippen LogP contribution in [0.1, 0.15) is 22.5 Å². The molecule has 1 rings (SSSR count). The van der Waals surface area contributed by atoms with Crippen molar-refractivity contribution in [2.75, 3.05) is 0 Å². The van der Waals surface area contributed by atoms with Gasteiger partial charge in [0.1, 0.15) is 0 Å². The summed E-state index contributed by atoms with van der Waals surface area (Å²) in [4.78, 5) is 4.33. The molecular formula is C9H14N2. The topological polar surface area (TPSA) is 38.9 Å². The Hall–Kier alpha value is -0.890. The highest BCUT2D eigenvalue weighted by Crippen LogP contribution is 2.11. The summed E-state index contributed by atoms with van der Waals surface area (Å²) in [7, 11) is 0. The van der Waals surface area contributed by atoms with Gasteiger partial charge in [0.15, 0.2) is 0 Å². The van der Waals surface area contributed by atoms with E-state index < -0.39 is 0 Å². The van der Waals surface area contributed by atoms with E-state index in [0.29, 0.717) is 6.54 Å². The molecule has 1 aromatic rings. The molecule has 0 atom stereocenters. The fourth-order valence-electron chi connectivity index (χ4n) is 1.36. The van der Waals surface area contributed by atoms with Gasteiger partial charge in [-0.1, -0.05) is 0 Å². The molecule has 0 aliphatic carbocycles. The zero-order valence-electron chi connectivity index (χ0n) is 7.31. The minimum atomic E-state index is 0.588. The minimum absolute atomic E-state index is 0.588. The number of rotatable bonds is 1. The lowest BCUT2D eigenvalue weighted by Gasteiger charge is -2.06. The number of aryl methyl sites for hydroxylation is 3. The molecule has 2 N–H and O–H groups in total. The Kier molecular flexibility index (Phi) is 2.25. The molecule has 1 aromatic heterocycles. The number of hydrogen-bond acceptors (Lipinski definition) is 2. The van der Waals surface area contributed by atoms with Crippen LogP contribution >= 0.6 is 0 Å². The third-order valence-corrected chi connectivity index (χ3v) is 1.89. The maximum absolute atomic E-state index is 5.56. The molecule has 0 fully saturated rings. The average molecular weight is 150 g/mol. The number of nitrogens with two attached hydrogens (primary N) is 1. The quantitative estimate of drug-likeness (QED) is 0.658. The van der Waals surface area contributed by atoms with Gasteiger partial charge in [-0.25, -0.2) is 0 Å². The Morgan fingerprint density at radius 1 is 1.36 bits per heavy atom. The summed E-state index contributed by atoms with van der Waals surface area (Å²) in [6.45, 7) is 6.66. The predicted molar refractivity (Wildman–Crippen MR) is 46.3 cm³/mol. The van der Waals surface area contributed by atoms with Crippen molar-refractivity contribution in [2.45, 2.75) is 27.3 Å². The summed E-state index contributed by atoms with van der Waals surface area (Å²) >= 11 is 0. The lowest BCUT2D eigenvalue weighted by molar-refractivity contribution is 0.969. The van der Waals surface area contributed by atoms with Crippen LogP contribution in [0.2, 0.25) is 0 Å². The van der Waals surface area contributed by atoms with Gasteiger partial charge in [-0.05, 0) is 38.0 Å². The first-order valence-electron chi connectivity index (χ1n) is 3.79. The van der Waals surface area contributed by atoms with Crippen molar-refractivity contribution in [3.05, 3.63) is 28.6 Å². The summed E-state index contributed by atoms with van der Waals surface area (Å²) in [5.74, 6) is 0. The highest BCUT2D eigenvalue weighted by Gasteiger charge is 2.01. The normalized spacial score (nSPS) is 10.2. The van der Waals surface area contributed by atoms with Crippen LogP contribution in [0, 0.1) is 20.8 Å². The Bertz CT molecular complexity index is 243. The zero-order chi connectivity index (χ0) is 8.43. The first-order valence-corrected chi connectivity index (χ1v) is 3.79. The van der Waals surface area contributed by atoms with Crippen LogP contribution < -0.4 is 5.73 Å². The van der Waals surface area contributed by atoms with Gasteiger partial charge in [0, 0.05) is 17.9 Å². The number of hydrogen-bond donors (Lipinski definition) is 1. The third kappa shape index (κ3) is 1.57. The SMILES string of the molecule is Cc1cc(C)c(CN)c(C)n1. The van der Waals surface area contributed by atoms with E-state index in [0.717, 1.165) is 11.4 Å². The molecule has 0 saturated carbocycles. The highest BCUT2D eigenvalue weighted by atomic mass is 14.7. The van der Waals surface area contributed by atoms with Crippen LogP contribution in [-0.4, -0.2) is 4.98 Å². The molecule has 0 aliphatic rings. The van der Waals surface area contributed by atoms with Crippen molar-refractivity contribution < 1.29 is 0 Å². The fourth-order valence-corrected chi connectivity index (χ4v) is 1.36. The summed E-state index contributed by atoms with van der Waals surface area (Å²) in [6, 6.07) is 2.06. The molecule has 60 valence electrons. The number of aromatic nitrogens is 1. The van der Waals surface area contributed by atoms with Crippen LogP contribution in [0.25, 0.3) is 0 Å². The van der Waals surface area contributed by atoms with Crippen LogP contribution in [0.4, 0.5) is 0 Å². The molecule has 0 saturated heterocycles. The van der Waals surface area contributed by atoms with Gasteiger partial charge in [-0.15, -0.1) is 0 Å². The van der Waals surface area contributed by atoms with Gasteiger partial charge >= 0.3 is 0 Å². The van der Waals surface area contributed by atoms with E-state index in [2.05, 4.69) is 18.0 Å². The summed E-state index contributed by atoms with van der Waals surface area (Å²) in [5.41, 5.74) is 10.1. The predicted octanol–water partition coefficient (Wildman–Crippen LogP) is 1.47. The van der Waals surface area contributed by atoms with E-state index in [1.807, 2.05) is 13.8 Å². The first-order chi connectivity index (χ1) is 5.15. The molecule has 0 radical (unpaired) electrons. The van der Waals surface area contributed by atoms with Crippen molar-refractivity contribution in [1.82, 2.24) is 4.98 Å². The van der Waals surface area contributed by atoms with Crippen molar-refractivity contribution in [3.8, 4) is 0 Å². The summed E-state index contributed by atoms with van der Waals surface area (Å²) < 4.78 is 0. The molecule has 2 nitrogen and oxygen atoms in total. The Morgan fingerprint density at radius 3 is 2.45 bits per heavy atom. The third-order valence-electron chi connectivity index (χ3n) is 1.89. The minimum Gasteiger partial charge on any atom is -0.326 e. The van der Waals surface area contributed by atoms with E-state index in [9.17, 15) is 0 Å². The van der Waals surface area contributed by atoms with Crippen molar-refractivity contribution >= 4 is 0 Å². The maximum atomic E-state index is 5.56. The summed E-state index contributed by atoms with van der Waals surface area (Å²) in [5, 5.41) is 0. The molecular weight excluding hydrogens is 136 g/mol. The first kappa shape index (κ1) is 8.21. The van der Waals surface area contributed by atoms with Crippen LogP contribution in [0.5, 0.6) is 0 Å². The van der Waals surface area contributed by atoms with Gasteiger partial charge < -0.3 is 5.73 Å². The maximum Gasteiger partial charge on any atom is 0.0423 e. The zero-order valence-corrected chi connectivity index (χ0v) is 7.31. The van der Waals surface area contributed by atoms with Gasteiger partial charge in [-0.2, -0.15) is 0 Å². The Morgan fingerprint density at radius 2 is 2.00 bits per heavy atom. The molecule has 0 aromatic carbocycles. The van der Waals surface area contributed by atoms with E-state index in [1.54, 1.807) is 0 Å². The molecule has 2 heteroatoms. The van der Waals surface area contributed by atoms with Gasteiger partial charge in [0.2, 0.25) is 0 Å². The van der Waals surface area contributed by atoms with Crippen molar-refractivity contribution in [1.29, 1.82) is 0 Å². The van der Waals surface area contributed by atoms with Gasteiger partial charge in [0.25, 0.3) is 0 Å². The molecule has 0 amide bonds. The highest BCUT2D eigenvalue weighted by molar-refractivity contribution is 5.30. The number of pyridine rings is 1. The smallest absolute Gasteiger partial charge is 0.0423 e. The average Bonchev–Trinajstić information content (AvgIpc) is 1.85. The molecule has 11 heavy (non-hydrogen) atoms. The van der Waals surface area contributed by atoms with E-state index in [4.69, 9.17) is 5.73 Å². The van der Waals surface area contributed by atoms with Crippen molar-refractivity contribution in [3.63, 3.8) is 0 Å².